The molecule has 0 unspecified atom stereocenters. The lowest BCUT2D eigenvalue weighted by Crippen LogP contribution is -2.60. The maximum atomic E-state index is 10.1. The van der Waals surface area contributed by atoms with Gasteiger partial charge >= 0.3 is 0 Å². The highest BCUT2D eigenvalue weighted by Crippen LogP contribution is 2.32. The molecule has 0 saturated carbocycles. The van der Waals surface area contributed by atoms with E-state index in [-0.39, 0.29) is 22.6 Å². The van der Waals surface area contributed by atoms with Gasteiger partial charge in [0.15, 0.2) is 0 Å². The number of ether oxygens (including phenoxy) is 3. The fraction of sp³-hybridized carbons (Fsp3) is 0.476. The summed E-state index contributed by atoms with van der Waals surface area (Å²) >= 11 is 0. The molecule has 0 aliphatic carbocycles. The molecule has 1 aliphatic heterocycles. The molecule has 3 rings (SSSR count). The van der Waals surface area contributed by atoms with Crippen molar-refractivity contribution in [3.8, 4) is 23.6 Å². The molecule has 0 bridgehead atoms. The Balaban J connectivity index is 1.67. The van der Waals surface area contributed by atoms with Crippen molar-refractivity contribution < 1.29 is 34.6 Å². The van der Waals surface area contributed by atoms with Gasteiger partial charge in [0.1, 0.15) is 59.2 Å². The predicted octanol–water partition coefficient (Wildman–Crippen LogP) is -0.336. The Kier molecular flexibility index (Phi) is 8.00. The minimum Gasteiger partial charge on any atom is -0.492 e. The number of imidazole rings is 1. The third-order valence-corrected chi connectivity index (χ3v) is 5.07. The van der Waals surface area contributed by atoms with Gasteiger partial charge in [0.2, 0.25) is 6.29 Å². The van der Waals surface area contributed by atoms with Crippen LogP contribution in [0.5, 0.6) is 11.5 Å². The molecule has 5 atom stereocenters. The number of nitriles is 2. The number of aliphatic hydroxyl groups excluding tert-OH is 4. The molecule has 170 valence electrons. The van der Waals surface area contributed by atoms with E-state index in [9.17, 15) is 30.9 Å². The number of rotatable bonds is 9. The molecule has 1 saturated heterocycles. The summed E-state index contributed by atoms with van der Waals surface area (Å²) in [5.41, 5.74) is -0.162. The zero-order chi connectivity index (χ0) is 23.1. The Hall–Kier alpha value is -3.19. The van der Waals surface area contributed by atoms with Crippen molar-refractivity contribution in [2.45, 2.75) is 50.1 Å². The van der Waals surface area contributed by atoms with E-state index in [1.807, 2.05) is 22.9 Å². The zero-order valence-corrected chi connectivity index (χ0v) is 17.1. The van der Waals surface area contributed by atoms with Gasteiger partial charge in [-0.3, -0.25) is 0 Å². The van der Waals surface area contributed by atoms with Crippen molar-refractivity contribution >= 4 is 0 Å². The lowest BCUT2D eigenvalue weighted by Gasteiger charge is -2.39. The second kappa shape index (κ2) is 10.9. The van der Waals surface area contributed by atoms with Crippen LogP contribution in [0.1, 0.15) is 24.0 Å². The fourth-order valence-electron chi connectivity index (χ4n) is 3.29. The van der Waals surface area contributed by atoms with Crippen molar-refractivity contribution in [3.05, 3.63) is 42.0 Å². The van der Waals surface area contributed by atoms with Crippen LogP contribution < -0.4 is 9.47 Å². The maximum Gasteiger partial charge on any atom is 0.229 e. The van der Waals surface area contributed by atoms with Crippen LogP contribution in [0.3, 0.4) is 0 Å². The van der Waals surface area contributed by atoms with Gasteiger partial charge in [-0.25, -0.2) is 4.98 Å². The number of aliphatic hydroxyl groups is 4. The van der Waals surface area contributed by atoms with Crippen LogP contribution in [-0.2, 0) is 11.3 Å². The highest BCUT2D eigenvalue weighted by molar-refractivity contribution is 5.60. The predicted molar refractivity (Wildman–Crippen MR) is 107 cm³/mol. The number of aryl methyl sites for hydroxylation is 1. The number of benzene rings is 1. The van der Waals surface area contributed by atoms with Gasteiger partial charge < -0.3 is 39.2 Å². The third kappa shape index (κ3) is 5.16. The number of unbranched alkanes of at least 4 members (excludes halogenated alkanes) is 1. The summed E-state index contributed by atoms with van der Waals surface area (Å²) in [4.78, 5) is 3.97. The van der Waals surface area contributed by atoms with E-state index in [4.69, 9.17) is 14.2 Å². The molecule has 0 spiro atoms. The molecule has 4 N–H and O–H groups in total. The second-order valence-corrected chi connectivity index (χ2v) is 7.21. The van der Waals surface area contributed by atoms with Crippen LogP contribution in [0.4, 0.5) is 0 Å². The summed E-state index contributed by atoms with van der Waals surface area (Å²) < 4.78 is 18.5. The highest BCUT2D eigenvalue weighted by atomic mass is 16.7. The molecule has 1 aromatic carbocycles. The zero-order valence-electron chi connectivity index (χ0n) is 17.1. The molecule has 2 aromatic rings. The normalized spacial score (nSPS) is 25.0. The van der Waals surface area contributed by atoms with Crippen molar-refractivity contribution in [1.29, 1.82) is 10.5 Å². The van der Waals surface area contributed by atoms with Gasteiger partial charge in [-0.05, 0) is 25.0 Å². The molecule has 11 heteroatoms. The molecule has 0 radical (unpaired) electrons. The van der Waals surface area contributed by atoms with E-state index in [2.05, 4.69) is 4.98 Å². The van der Waals surface area contributed by atoms with Crippen LogP contribution in [0.15, 0.2) is 30.9 Å². The number of aromatic nitrogens is 2. The van der Waals surface area contributed by atoms with Crippen LogP contribution in [0.25, 0.3) is 0 Å². The summed E-state index contributed by atoms with van der Waals surface area (Å²) in [6.45, 7) is 0.498. The largest absolute Gasteiger partial charge is 0.492 e. The molecule has 11 nitrogen and oxygen atoms in total. The molecule has 1 aliphatic rings. The first kappa shape index (κ1) is 23.5. The minimum absolute atomic E-state index is 0.0378. The van der Waals surface area contributed by atoms with Crippen molar-refractivity contribution in [3.63, 3.8) is 0 Å². The second-order valence-electron chi connectivity index (χ2n) is 7.21. The average Bonchev–Trinajstić information content (AvgIpc) is 3.32. The van der Waals surface area contributed by atoms with Crippen molar-refractivity contribution in [1.82, 2.24) is 9.55 Å². The summed E-state index contributed by atoms with van der Waals surface area (Å²) in [6.07, 6.45) is -0.604. The Bertz CT molecular complexity index is 968. The molecule has 1 aromatic heterocycles. The lowest BCUT2D eigenvalue weighted by molar-refractivity contribution is -0.277. The van der Waals surface area contributed by atoms with E-state index in [0.717, 1.165) is 13.0 Å². The van der Waals surface area contributed by atoms with E-state index in [1.54, 1.807) is 12.5 Å². The van der Waals surface area contributed by atoms with Crippen LogP contribution >= 0.6 is 0 Å². The van der Waals surface area contributed by atoms with E-state index >= 15 is 0 Å². The highest BCUT2D eigenvalue weighted by Gasteiger charge is 2.45. The fourth-order valence-corrected chi connectivity index (χ4v) is 3.29. The molecular weight excluding hydrogens is 420 g/mol. The van der Waals surface area contributed by atoms with Crippen LogP contribution in [0, 0.1) is 22.7 Å². The Morgan fingerprint density at radius 3 is 2.41 bits per heavy atom. The SMILES string of the molecule is N#Cc1c(OCCCCn2ccnc2)ccc(O[C@@H]2O[C@H](CO)[C@H](O)[C@H](O)[C@H]2O)c1C#N. The Labute approximate surface area is 184 Å². The van der Waals surface area contributed by atoms with Gasteiger partial charge in [0.05, 0.1) is 19.5 Å². The molecular formula is C21H24N4O7. The lowest BCUT2D eigenvalue weighted by atomic mass is 9.99. The summed E-state index contributed by atoms with van der Waals surface area (Å²) in [6, 6.07) is 6.68. The first-order valence-corrected chi connectivity index (χ1v) is 10.0. The van der Waals surface area contributed by atoms with Gasteiger partial charge in [0, 0.05) is 18.9 Å². The third-order valence-electron chi connectivity index (χ3n) is 5.07. The molecule has 1 fully saturated rings. The van der Waals surface area contributed by atoms with Gasteiger partial charge in [-0.15, -0.1) is 0 Å². The summed E-state index contributed by atoms with van der Waals surface area (Å²) in [7, 11) is 0. The molecule has 0 amide bonds. The number of hydrogen-bond acceptors (Lipinski definition) is 10. The molecule has 32 heavy (non-hydrogen) atoms. The summed E-state index contributed by atoms with van der Waals surface area (Å²) in [5, 5.41) is 58.4. The van der Waals surface area contributed by atoms with Gasteiger partial charge in [0.25, 0.3) is 0 Å². The monoisotopic (exact) mass is 444 g/mol. The Morgan fingerprint density at radius 1 is 1.03 bits per heavy atom. The van der Waals surface area contributed by atoms with Crippen LogP contribution in [0.2, 0.25) is 0 Å². The van der Waals surface area contributed by atoms with Crippen molar-refractivity contribution in [2.75, 3.05) is 13.2 Å². The van der Waals surface area contributed by atoms with Gasteiger partial charge in [-0.1, -0.05) is 0 Å². The smallest absolute Gasteiger partial charge is 0.229 e. The van der Waals surface area contributed by atoms with E-state index in [1.165, 1.54) is 12.1 Å². The number of nitrogens with zero attached hydrogens (tertiary/aromatic N) is 4. The topological polar surface area (TPSA) is 174 Å². The average molecular weight is 444 g/mol. The molecule has 2 heterocycles. The van der Waals surface area contributed by atoms with Crippen molar-refractivity contribution in [2.24, 2.45) is 0 Å². The number of hydrogen-bond donors (Lipinski definition) is 4. The summed E-state index contributed by atoms with van der Waals surface area (Å²) in [5.74, 6) is 0.147. The van der Waals surface area contributed by atoms with E-state index in [0.29, 0.717) is 13.0 Å². The standard InChI is InChI=1S/C21H24N4O7/c22-9-13-14(10-23)16(31-21-20(29)19(28)18(27)17(11-26)32-21)4-3-15(13)30-8-2-1-6-25-7-5-24-12-25/h3-5,7,12,17-21,26-29H,1-2,6,8,11H2/t17-,18+,19+,20-,21-/m1/s1. The first-order valence-electron chi connectivity index (χ1n) is 10.0. The minimum atomic E-state index is -1.64. The van der Waals surface area contributed by atoms with Gasteiger partial charge in [-0.2, -0.15) is 10.5 Å². The van der Waals surface area contributed by atoms with Crippen LogP contribution in [-0.4, -0.2) is 73.9 Å². The first-order chi connectivity index (χ1) is 15.5. The Morgan fingerprint density at radius 2 is 1.75 bits per heavy atom. The van der Waals surface area contributed by atoms with E-state index < -0.39 is 37.3 Å². The quantitative estimate of drug-likeness (QED) is 0.375. The maximum absolute atomic E-state index is 10.1.